The van der Waals surface area contributed by atoms with E-state index in [2.05, 4.69) is 20.8 Å². The quantitative estimate of drug-likeness (QED) is 0.694. The van der Waals surface area contributed by atoms with Crippen molar-refractivity contribution in [3.05, 3.63) is 0 Å². The van der Waals surface area contributed by atoms with E-state index in [1.165, 1.54) is 6.42 Å². The van der Waals surface area contributed by atoms with Gasteiger partial charge in [0.05, 0.1) is 18.8 Å². The lowest BCUT2D eigenvalue weighted by Gasteiger charge is -2.47. The number of hydrogen-bond donors (Lipinski definition) is 2. The van der Waals surface area contributed by atoms with Gasteiger partial charge in [-0.25, -0.2) is 0 Å². The van der Waals surface area contributed by atoms with Crippen molar-refractivity contribution in [3.8, 4) is 0 Å². The van der Waals surface area contributed by atoms with Crippen LogP contribution in [0.3, 0.4) is 0 Å². The average molecular weight is 252 g/mol. The summed E-state index contributed by atoms with van der Waals surface area (Å²) >= 11 is 0. The van der Waals surface area contributed by atoms with Crippen LogP contribution in [0.4, 0.5) is 0 Å². The molecule has 4 bridgehead atoms. The normalized spacial score (nSPS) is 65.0. The van der Waals surface area contributed by atoms with Gasteiger partial charge in [-0.2, -0.15) is 0 Å². The molecular weight excluding hydrogens is 228 g/mol. The molecule has 18 heavy (non-hydrogen) atoms. The lowest BCUT2D eigenvalue weighted by Crippen LogP contribution is -2.53. The van der Waals surface area contributed by atoms with Crippen molar-refractivity contribution >= 4 is 0 Å². The minimum absolute atomic E-state index is 0.0926. The summed E-state index contributed by atoms with van der Waals surface area (Å²) in [5.41, 5.74) is 0.0109. The molecule has 0 aromatic carbocycles. The van der Waals surface area contributed by atoms with Crippen LogP contribution >= 0.6 is 0 Å². The second kappa shape index (κ2) is 3.13. The van der Waals surface area contributed by atoms with Crippen molar-refractivity contribution in [1.82, 2.24) is 0 Å². The van der Waals surface area contributed by atoms with Gasteiger partial charge in [0, 0.05) is 11.3 Å². The van der Waals surface area contributed by atoms with Gasteiger partial charge < -0.3 is 14.9 Å². The minimum atomic E-state index is -0.560. The summed E-state index contributed by atoms with van der Waals surface area (Å²) in [5, 5.41) is 20.8. The van der Waals surface area contributed by atoms with Gasteiger partial charge in [0.2, 0.25) is 0 Å². The first kappa shape index (κ1) is 11.7. The molecule has 3 nitrogen and oxygen atoms in total. The van der Waals surface area contributed by atoms with Crippen molar-refractivity contribution in [2.75, 3.05) is 6.61 Å². The fourth-order valence-electron chi connectivity index (χ4n) is 6.10. The maximum atomic E-state index is 10.4. The van der Waals surface area contributed by atoms with Gasteiger partial charge in [0.1, 0.15) is 5.60 Å². The summed E-state index contributed by atoms with van der Waals surface area (Å²) in [5.74, 6) is 2.18. The average Bonchev–Trinajstić information content (AvgIpc) is 3.02. The molecule has 4 fully saturated rings. The third-order valence-corrected chi connectivity index (χ3v) is 6.96. The summed E-state index contributed by atoms with van der Waals surface area (Å²) in [6, 6.07) is 0. The van der Waals surface area contributed by atoms with Gasteiger partial charge in [0.15, 0.2) is 0 Å². The van der Waals surface area contributed by atoms with E-state index in [1.54, 1.807) is 0 Å². The summed E-state index contributed by atoms with van der Waals surface area (Å²) in [6.45, 7) is 7.66. The number of ether oxygens (including phenoxy) is 1. The number of fused-ring (bicyclic) bond motifs is 2. The molecule has 1 spiro atoms. The molecule has 0 aromatic heterocycles. The van der Waals surface area contributed by atoms with E-state index < -0.39 is 12.2 Å². The van der Waals surface area contributed by atoms with Crippen molar-refractivity contribution in [2.45, 2.75) is 51.4 Å². The first-order chi connectivity index (χ1) is 8.44. The van der Waals surface area contributed by atoms with Crippen molar-refractivity contribution in [2.24, 2.45) is 35.0 Å². The number of aliphatic hydroxyl groups excluding tert-OH is 2. The fourth-order valence-corrected chi connectivity index (χ4v) is 6.10. The van der Waals surface area contributed by atoms with E-state index in [9.17, 15) is 10.2 Å². The zero-order valence-corrected chi connectivity index (χ0v) is 11.5. The molecule has 2 N–H and O–H groups in total. The molecule has 0 aromatic rings. The van der Waals surface area contributed by atoms with Crippen molar-refractivity contribution in [3.63, 3.8) is 0 Å². The number of epoxide rings is 1. The van der Waals surface area contributed by atoms with Gasteiger partial charge >= 0.3 is 0 Å². The molecule has 4 rings (SSSR count). The Labute approximate surface area is 109 Å². The highest BCUT2D eigenvalue weighted by molar-refractivity contribution is 5.30. The van der Waals surface area contributed by atoms with Crippen LogP contribution in [0, 0.1) is 35.0 Å². The van der Waals surface area contributed by atoms with E-state index in [0.717, 1.165) is 13.0 Å². The third kappa shape index (κ3) is 0.981. The Hall–Kier alpha value is -0.120. The van der Waals surface area contributed by atoms with Crippen LogP contribution in [-0.2, 0) is 4.74 Å². The molecule has 2 unspecified atom stereocenters. The number of hydrogen-bond acceptors (Lipinski definition) is 3. The van der Waals surface area contributed by atoms with Crippen LogP contribution in [0.25, 0.3) is 0 Å². The number of aliphatic hydroxyl groups is 2. The third-order valence-electron chi connectivity index (χ3n) is 6.96. The summed E-state index contributed by atoms with van der Waals surface area (Å²) in [6.07, 6.45) is 1.30. The molecule has 1 saturated heterocycles. The van der Waals surface area contributed by atoms with E-state index in [-0.39, 0.29) is 22.9 Å². The van der Waals surface area contributed by atoms with Gasteiger partial charge in [-0.3, -0.25) is 0 Å². The fraction of sp³-hybridized carbons (Fsp3) is 1.00. The van der Waals surface area contributed by atoms with E-state index in [0.29, 0.717) is 17.8 Å². The Balaban J connectivity index is 1.83. The van der Waals surface area contributed by atoms with Crippen LogP contribution in [0.15, 0.2) is 0 Å². The highest BCUT2D eigenvalue weighted by Gasteiger charge is 2.82. The summed E-state index contributed by atoms with van der Waals surface area (Å²) in [7, 11) is 0. The predicted octanol–water partition coefficient (Wildman–Crippen LogP) is 1.43. The minimum Gasteiger partial charge on any atom is -0.390 e. The molecule has 0 amide bonds. The van der Waals surface area contributed by atoms with Gasteiger partial charge in [-0.05, 0) is 36.5 Å². The van der Waals surface area contributed by atoms with Gasteiger partial charge in [0.25, 0.3) is 0 Å². The Morgan fingerprint density at radius 3 is 2.33 bits per heavy atom. The van der Waals surface area contributed by atoms with E-state index in [4.69, 9.17) is 4.74 Å². The van der Waals surface area contributed by atoms with Gasteiger partial charge in [-0.1, -0.05) is 20.8 Å². The molecule has 8 atom stereocenters. The monoisotopic (exact) mass is 252 g/mol. The molecular formula is C15H24O3. The summed E-state index contributed by atoms with van der Waals surface area (Å²) < 4.78 is 5.88. The maximum Gasteiger partial charge on any atom is 0.103 e. The lowest BCUT2D eigenvalue weighted by atomic mass is 9.59. The zero-order valence-electron chi connectivity index (χ0n) is 11.5. The second-order valence-electron chi connectivity index (χ2n) is 7.65. The molecule has 102 valence electrons. The first-order valence-electron chi connectivity index (χ1n) is 7.44. The molecule has 3 heteroatoms. The molecule has 3 saturated carbocycles. The molecule has 1 aliphatic heterocycles. The number of rotatable bonds is 1. The van der Waals surface area contributed by atoms with Crippen molar-refractivity contribution < 1.29 is 14.9 Å². The standard InChI is InChI=1S/C15H24O3/c1-7(2)8-4-5-14(3)10-9(8)11(13(17)12(10)16)15(14)6-18-15/h7-13,16-17H,4-6H2,1-3H3/t8-,9+,10?,11?,12-,13+,14+,15+/m1/s1. The topological polar surface area (TPSA) is 53.0 Å². The molecule has 4 aliphatic rings. The molecule has 3 aliphatic carbocycles. The van der Waals surface area contributed by atoms with E-state index in [1.807, 2.05) is 0 Å². The van der Waals surface area contributed by atoms with Crippen LogP contribution in [-0.4, -0.2) is 34.6 Å². The Bertz CT molecular complexity index is 379. The highest BCUT2D eigenvalue weighted by Crippen LogP contribution is 2.76. The van der Waals surface area contributed by atoms with E-state index >= 15 is 0 Å². The predicted molar refractivity (Wildman–Crippen MR) is 66.8 cm³/mol. The molecule has 1 heterocycles. The van der Waals surface area contributed by atoms with Gasteiger partial charge in [-0.15, -0.1) is 0 Å². The van der Waals surface area contributed by atoms with Crippen molar-refractivity contribution in [1.29, 1.82) is 0 Å². The SMILES string of the molecule is CC(C)[C@H]1CC[C@@]2(C)C3[C@H]1C([C@H](O)[C@@H]3O)[C@@]21CO1. The summed E-state index contributed by atoms with van der Waals surface area (Å²) in [4.78, 5) is 0. The largest absolute Gasteiger partial charge is 0.390 e. The maximum absolute atomic E-state index is 10.4. The van der Waals surface area contributed by atoms with Crippen LogP contribution in [0.5, 0.6) is 0 Å². The van der Waals surface area contributed by atoms with Crippen LogP contribution < -0.4 is 0 Å². The smallest absolute Gasteiger partial charge is 0.103 e. The Morgan fingerprint density at radius 1 is 1.17 bits per heavy atom. The Kier molecular flexibility index (Phi) is 2.03. The van der Waals surface area contributed by atoms with Crippen LogP contribution in [0.1, 0.15) is 33.6 Å². The highest BCUT2D eigenvalue weighted by atomic mass is 16.6. The zero-order chi connectivity index (χ0) is 12.9. The lowest BCUT2D eigenvalue weighted by molar-refractivity contribution is -0.107. The van der Waals surface area contributed by atoms with Crippen LogP contribution in [0.2, 0.25) is 0 Å². The Morgan fingerprint density at radius 2 is 1.78 bits per heavy atom. The molecule has 0 radical (unpaired) electrons. The second-order valence-corrected chi connectivity index (χ2v) is 7.65. The first-order valence-corrected chi connectivity index (χ1v) is 7.44.